The van der Waals surface area contributed by atoms with Crippen LogP contribution < -0.4 is 5.32 Å². The van der Waals surface area contributed by atoms with Gasteiger partial charge in [0.05, 0.1) is 12.6 Å². The number of thiophene rings is 1. The van der Waals surface area contributed by atoms with E-state index in [1.165, 1.54) is 27.1 Å². The summed E-state index contributed by atoms with van der Waals surface area (Å²) in [5, 5.41) is 5.58. The zero-order valence-electron chi connectivity index (χ0n) is 16.7. The summed E-state index contributed by atoms with van der Waals surface area (Å²) in [6.45, 7) is 3.88. The second-order valence-corrected chi connectivity index (χ2v) is 8.40. The van der Waals surface area contributed by atoms with Crippen LogP contribution >= 0.6 is 11.3 Å². The van der Waals surface area contributed by atoms with Gasteiger partial charge in [-0.3, -0.25) is 10.1 Å². The van der Waals surface area contributed by atoms with E-state index in [2.05, 4.69) is 84.4 Å². The first kappa shape index (κ1) is 19.6. The van der Waals surface area contributed by atoms with E-state index < -0.39 is 0 Å². The molecule has 0 spiro atoms. The number of nitrogens with zero attached hydrogens (tertiary/aromatic N) is 1. The topological polar surface area (TPSA) is 32.3 Å². The molecule has 0 unspecified atom stereocenters. The lowest BCUT2D eigenvalue weighted by atomic mass is 9.99. The van der Waals surface area contributed by atoms with E-state index in [9.17, 15) is 4.79 Å². The minimum Gasteiger partial charge on any atom is -0.338 e. The minimum atomic E-state index is 0.0414. The smallest absolute Gasteiger partial charge is 0.236 e. The predicted octanol–water partition coefficient (Wildman–Crippen LogP) is 5.05. The average Bonchev–Trinajstić information content (AvgIpc) is 3.30. The molecule has 1 aromatic heterocycles. The van der Waals surface area contributed by atoms with Gasteiger partial charge in [-0.15, -0.1) is 11.3 Å². The third-order valence-corrected chi connectivity index (χ3v) is 6.34. The van der Waals surface area contributed by atoms with Crippen molar-refractivity contribution in [1.82, 2.24) is 10.2 Å². The third-order valence-electron chi connectivity index (χ3n) is 5.40. The van der Waals surface area contributed by atoms with Crippen molar-refractivity contribution in [2.24, 2.45) is 0 Å². The lowest BCUT2D eigenvalue weighted by Gasteiger charge is -2.28. The van der Waals surface area contributed by atoms with Crippen LogP contribution in [0, 0.1) is 6.92 Å². The van der Waals surface area contributed by atoms with Gasteiger partial charge in [-0.25, -0.2) is 0 Å². The Bertz CT molecular complexity index is 962. The molecule has 148 valence electrons. The van der Waals surface area contributed by atoms with Gasteiger partial charge in [0.2, 0.25) is 5.91 Å². The summed E-state index contributed by atoms with van der Waals surface area (Å²) in [6.07, 6.45) is 3.09. The van der Waals surface area contributed by atoms with E-state index in [1.807, 2.05) is 11.0 Å². The Hall–Kier alpha value is -2.69. The minimum absolute atomic E-state index is 0.0414. The molecule has 3 nitrogen and oxygen atoms in total. The Morgan fingerprint density at radius 3 is 2.52 bits per heavy atom. The van der Waals surface area contributed by atoms with E-state index in [-0.39, 0.29) is 11.9 Å². The standard InChI is InChI=1S/C25H26N2OS/c1-19-9-11-22(12-10-19)25(23-8-5-17-29-23)26-18-24(28)27-15-13-21(14-16-27)20-6-3-2-4-7-20/h2-13,17,25-26H,14-16,18H2,1H3/t25-/m0/s1. The molecule has 0 saturated heterocycles. The molecule has 1 aliphatic rings. The molecule has 4 rings (SSSR count). The van der Waals surface area contributed by atoms with E-state index in [0.29, 0.717) is 13.1 Å². The number of rotatable bonds is 6. The molecule has 4 heteroatoms. The van der Waals surface area contributed by atoms with Crippen LogP contribution in [0.5, 0.6) is 0 Å². The molecule has 0 radical (unpaired) electrons. The highest BCUT2D eigenvalue weighted by atomic mass is 32.1. The summed E-state index contributed by atoms with van der Waals surface area (Å²) in [5.41, 5.74) is 5.02. The Labute approximate surface area is 176 Å². The molecule has 0 fully saturated rings. The molecule has 29 heavy (non-hydrogen) atoms. The Morgan fingerprint density at radius 2 is 1.86 bits per heavy atom. The van der Waals surface area contributed by atoms with Crippen LogP contribution in [0.25, 0.3) is 5.57 Å². The fraction of sp³-hybridized carbons (Fsp3) is 0.240. The van der Waals surface area contributed by atoms with Gasteiger partial charge in [0.25, 0.3) is 0 Å². The zero-order valence-corrected chi connectivity index (χ0v) is 17.5. The number of benzene rings is 2. The maximum atomic E-state index is 12.8. The quantitative estimate of drug-likeness (QED) is 0.626. The van der Waals surface area contributed by atoms with Crippen molar-refractivity contribution in [3.8, 4) is 0 Å². The molecular weight excluding hydrogens is 376 g/mol. The highest BCUT2D eigenvalue weighted by molar-refractivity contribution is 7.10. The van der Waals surface area contributed by atoms with Crippen molar-refractivity contribution in [3.63, 3.8) is 0 Å². The van der Waals surface area contributed by atoms with Crippen LogP contribution in [0.1, 0.15) is 34.0 Å². The molecule has 2 aromatic carbocycles. The van der Waals surface area contributed by atoms with Crippen LogP contribution in [0.2, 0.25) is 0 Å². The van der Waals surface area contributed by atoms with Crippen molar-refractivity contribution in [2.75, 3.05) is 19.6 Å². The first-order chi connectivity index (χ1) is 14.2. The van der Waals surface area contributed by atoms with Gasteiger partial charge in [-0.05, 0) is 41.5 Å². The number of carbonyl (C=O) groups excluding carboxylic acids is 1. The van der Waals surface area contributed by atoms with Gasteiger partial charge < -0.3 is 4.90 Å². The Kier molecular flexibility index (Phi) is 6.23. The van der Waals surface area contributed by atoms with Gasteiger partial charge in [-0.1, -0.05) is 72.3 Å². The van der Waals surface area contributed by atoms with Crippen molar-refractivity contribution < 1.29 is 4.79 Å². The number of hydrogen-bond acceptors (Lipinski definition) is 3. The van der Waals surface area contributed by atoms with Crippen LogP contribution in [-0.4, -0.2) is 30.4 Å². The van der Waals surface area contributed by atoms with Crippen LogP contribution in [0.3, 0.4) is 0 Å². The lowest BCUT2D eigenvalue weighted by Crippen LogP contribution is -2.41. The molecular formula is C25H26N2OS. The number of amides is 1. The fourth-order valence-electron chi connectivity index (χ4n) is 3.71. The van der Waals surface area contributed by atoms with E-state index in [4.69, 9.17) is 0 Å². The Morgan fingerprint density at radius 1 is 1.07 bits per heavy atom. The third kappa shape index (κ3) is 4.84. The summed E-state index contributed by atoms with van der Waals surface area (Å²) >= 11 is 1.72. The van der Waals surface area contributed by atoms with Gasteiger partial charge >= 0.3 is 0 Å². The highest BCUT2D eigenvalue weighted by Gasteiger charge is 2.21. The molecule has 3 aromatic rings. The number of hydrogen-bond donors (Lipinski definition) is 1. The van der Waals surface area contributed by atoms with Gasteiger partial charge in [0, 0.05) is 18.0 Å². The SMILES string of the molecule is Cc1ccc([C@H](NCC(=O)N2CC=C(c3ccccc3)CC2)c2cccs2)cc1. The average molecular weight is 403 g/mol. The lowest BCUT2D eigenvalue weighted by molar-refractivity contribution is -0.129. The van der Waals surface area contributed by atoms with Gasteiger partial charge in [-0.2, -0.15) is 0 Å². The normalized spacial score (nSPS) is 15.1. The summed E-state index contributed by atoms with van der Waals surface area (Å²) < 4.78 is 0. The molecule has 2 heterocycles. The van der Waals surface area contributed by atoms with Crippen LogP contribution in [0.4, 0.5) is 0 Å². The molecule has 1 amide bonds. The Balaban J connectivity index is 1.40. The first-order valence-electron chi connectivity index (χ1n) is 10.1. The monoisotopic (exact) mass is 402 g/mol. The van der Waals surface area contributed by atoms with Crippen LogP contribution in [-0.2, 0) is 4.79 Å². The molecule has 1 N–H and O–H groups in total. The number of carbonyl (C=O) groups is 1. The summed E-state index contributed by atoms with van der Waals surface area (Å²) in [6, 6.07) is 23.2. The number of aryl methyl sites for hydroxylation is 1. The predicted molar refractivity (Wildman–Crippen MR) is 121 cm³/mol. The second-order valence-electron chi connectivity index (χ2n) is 7.43. The molecule has 1 atom stereocenters. The highest BCUT2D eigenvalue weighted by Crippen LogP contribution is 2.26. The summed E-state index contributed by atoms with van der Waals surface area (Å²) in [7, 11) is 0. The largest absolute Gasteiger partial charge is 0.338 e. The molecule has 0 bridgehead atoms. The molecule has 0 saturated carbocycles. The fourth-order valence-corrected chi connectivity index (χ4v) is 4.54. The van der Waals surface area contributed by atoms with Crippen molar-refractivity contribution in [2.45, 2.75) is 19.4 Å². The molecule has 1 aliphatic heterocycles. The van der Waals surface area contributed by atoms with Crippen molar-refractivity contribution in [3.05, 3.63) is 99.8 Å². The summed E-state index contributed by atoms with van der Waals surface area (Å²) in [5.74, 6) is 0.155. The maximum absolute atomic E-state index is 12.8. The van der Waals surface area contributed by atoms with Crippen molar-refractivity contribution in [1.29, 1.82) is 0 Å². The first-order valence-corrected chi connectivity index (χ1v) is 10.9. The van der Waals surface area contributed by atoms with Crippen molar-refractivity contribution >= 4 is 22.8 Å². The van der Waals surface area contributed by atoms with Gasteiger partial charge in [0.15, 0.2) is 0 Å². The maximum Gasteiger partial charge on any atom is 0.236 e. The number of nitrogens with one attached hydrogen (secondary N) is 1. The van der Waals surface area contributed by atoms with Gasteiger partial charge in [0.1, 0.15) is 0 Å². The van der Waals surface area contributed by atoms with E-state index >= 15 is 0 Å². The van der Waals surface area contributed by atoms with E-state index in [0.717, 1.165) is 13.0 Å². The van der Waals surface area contributed by atoms with Crippen LogP contribution in [0.15, 0.2) is 78.2 Å². The van der Waals surface area contributed by atoms with E-state index in [1.54, 1.807) is 11.3 Å². The second kappa shape index (κ2) is 9.21. The molecule has 0 aliphatic carbocycles. The summed E-state index contributed by atoms with van der Waals surface area (Å²) in [4.78, 5) is 16.0. The zero-order chi connectivity index (χ0) is 20.1.